The maximum absolute atomic E-state index is 4.37. The fourth-order valence-corrected chi connectivity index (χ4v) is 2.43. The van der Waals surface area contributed by atoms with Gasteiger partial charge in [-0.2, -0.15) is 0 Å². The van der Waals surface area contributed by atoms with Gasteiger partial charge in [0.2, 0.25) is 0 Å². The van der Waals surface area contributed by atoms with E-state index in [9.17, 15) is 0 Å². The smallest absolute Gasteiger partial charge is 0.147 e. The first-order chi connectivity index (χ1) is 7.88. The topological polar surface area (TPSA) is 34.0 Å². The summed E-state index contributed by atoms with van der Waals surface area (Å²) in [6, 6.07) is 0. The molecular formula is C13H24N4. The quantitative estimate of drug-likeness (QED) is 0.788. The minimum atomic E-state index is 0.0888. The van der Waals surface area contributed by atoms with Gasteiger partial charge < -0.3 is 4.57 Å². The van der Waals surface area contributed by atoms with E-state index in [0.29, 0.717) is 5.92 Å². The van der Waals surface area contributed by atoms with Crippen LogP contribution in [0.4, 0.5) is 0 Å². The van der Waals surface area contributed by atoms with Gasteiger partial charge >= 0.3 is 0 Å². The van der Waals surface area contributed by atoms with Gasteiger partial charge in [-0.25, -0.2) is 0 Å². The molecule has 0 fully saturated rings. The van der Waals surface area contributed by atoms with Gasteiger partial charge in [0.25, 0.3) is 0 Å². The number of nitrogens with zero attached hydrogens (tertiary/aromatic N) is 4. The highest BCUT2D eigenvalue weighted by Gasteiger charge is 2.27. The highest BCUT2D eigenvalue weighted by atomic mass is 15.3. The molecule has 0 saturated carbocycles. The molecule has 1 aromatic rings. The Hall–Kier alpha value is -0.900. The number of rotatable bonds is 2. The Kier molecular flexibility index (Phi) is 3.25. The van der Waals surface area contributed by atoms with Gasteiger partial charge in [-0.1, -0.05) is 34.6 Å². The summed E-state index contributed by atoms with van der Waals surface area (Å²) >= 11 is 0. The molecule has 0 unspecified atom stereocenters. The van der Waals surface area contributed by atoms with Crippen LogP contribution in [-0.2, 0) is 18.5 Å². The predicted molar refractivity (Wildman–Crippen MR) is 68.8 cm³/mol. The van der Waals surface area contributed by atoms with Crippen LogP contribution in [0.1, 0.15) is 46.3 Å². The Bertz CT molecular complexity index is 387. The van der Waals surface area contributed by atoms with Crippen molar-refractivity contribution in [2.75, 3.05) is 13.1 Å². The molecule has 0 radical (unpaired) electrons. The molecule has 0 saturated heterocycles. The predicted octanol–water partition coefficient (Wildman–Crippen LogP) is 2.05. The first-order valence-corrected chi connectivity index (χ1v) is 6.53. The van der Waals surface area contributed by atoms with Crippen LogP contribution >= 0.6 is 0 Å². The summed E-state index contributed by atoms with van der Waals surface area (Å²) in [6.07, 6.45) is 0. The third-order valence-electron chi connectivity index (χ3n) is 3.13. The monoisotopic (exact) mass is 236 g/mol. The second-order valence-electron chi connectivity index (χ2n) is 6.47. The standard InChI is InChI=1S/C13H24N4/c1-10(2)8-16-6-7-17-11(9-16)14-15-12(17)13(3,4)5/h10H,6-9H2,1-5H3. The zero-order valence-corrected chi connectivity index (χ0v) is 11.7. The average molecular weight is 236 g/mol. The lowest BCUT2D eigenvalue weighted by molar-refractivity contribution is 0.192. The highest BCUT2D eigenvalue weighted by Crippen LogP contribution is 2.23. The molecule has 0 aromatic carbocycles. The molecular weight excluding hydrogens is 212 g/mol. The van der Waals surface area contributed by atoms with Gasteiger partial charge in [0.05, 0.1) is 6.54 Å². The first kappa shape index (κ1) is 12.6. The SMILES string of the molecule is CC(C)CN1CCn2c(nnc2C(C)(C)C)C1. The van der Waals surface area contributed by atoms with Gasteiger partial charge in [-0.15, -0.1) is 10.2 Å². The molecule has 4 heteroatoms. The van der Waals surface area contributed by atoms with E-state index in [2.05, 4.69) is 54.3 Å². The zero-order valence-electron chi connectivity index (χ0n) is 11.7. The maximum atomic E-state index is 4.37. The minimum Gasteiger partial charge on any atom is -0.312 e. The summed E-state index contributed by atoms with van der Waals surface area (Å²) in [5.41, 5.74) is 0.0888. The molecule has 17 heavy (non-hydrogen) atoms. The van der Waals surface area contributed by atoms with Crippen LogP contribution in [0.5, 0.6) is 0 Å². The van der Waals surface area contributed by atoms with E-state index in [-0.39, 0.29) is 5.41 Å². The highest BCUT2D eigenvalue weighted by molar-refractivity contribution is 5.07. The molecule has 4 nitrogen and oxygen atoms in total. The average Bonchev–Trinajstić information content (AvgIpc) is 2.58. The lowest BCUT2D eigenvalue weighted by Gasteiger charge is -2.30. The van der Waals surface area contributed by atoms with E-state index in [4.69, 9.17) is 0 Å². The molecule has 1 aliphatic heterocycles. The Morgan fingerprint density at radius 2 is 1.88 bits per heavy atom. The summed E-state index contributed by atoms with van der Waals surface area (Å²) in [5.74, 6) is 2.96. The van der Waals surface area contributed by atoms with Gasteiger partial charge in [-0.05, 0) is 5.92 Å². The summed E-state index contributed by atoms with van der Waals surface area (Å²) in [4.78, 5) is 2.47. The molecule has 2 rings (SSSR count). The molecule has 0 atom stereocenters. The molecule has 0 amide bonds. The van der Waals surface area contributed by atoms with Crippen molar-refractivity contribution < 1.29 is 0 Å². The Labute approximate surface area is 104 Å². The van der Waals surface area contributed by atoms with E-state index in [1.165, 1.54) is 0 Å². The van der Waals surface area contributed by atoms with Crippen molar-refractivity contribution in [2.45, 2.75) is 53.1 Å². The summed E-state index contributed by atoms with van der Waals surface area (Å²) in [6.45, 7) is 15.4. The third kappa shape index (κ3) is 2.68. The van der Waals surface area contributed by atoms with Crippen LogP contribution in [0.25, 0.3) is 0 Å². The molecule has 0 N–H and O–H groups in total. The van der Waals surface area contributed by atoms with Crippen LogP contribution in [0.2, 0.25) is 0 Å². The van der Waals surface area contributed by atoms with Crippen LogP contribution in [-0.4, -0.2) is 32.8 Å². The van der Waals surface area contributed by atoms with E-state index in [1.807, 2.05) is 0 Å². The molecule has 0 spiro atoms. The van der Waals surface area contributed by atoms with Crippen LogP contribution in [0.15, 0.2) is 0 Å². The molecule has 1 aliphatic rings. The number of aromatic nitrogens is 3. The van der Waals surface area contributed by atoms with E-state index < -0.39 is 0 Å². The molecule has 96 valence electrons. The number of fused-ring (bicyclic) bond motifs is 1. The van der Waals surface area contributed by atoms with Crippen LogP contribution in [0, 0.1) is 5.92 Å². The Morgan fingerprint density at radius 3 is 2.47 bits per heavy atom. The third-order valence-corrected chi connectivity index (χ3v) is 3.13. The van der Waals surface area contributed by atoms with Gasteiger partial charge in [0.15, 0.2) is 0 Å². The van der Waals surface area contributed by atoms with Crippen molar-refractivity contribution >= 4 is 0 Å². The first-order valence-electron chi connectivity index (χ1n) is 6.53. The fourth-order valence-electron chi connectivity index (χ4n) is 2.43. The van der Waals surface area contributed by atoms with Crippen molar-refractivity contribution in [3.05, 3.63) is 11.6 Å². The molecule has 0 aliphatic carbocycles. The summed E-state index contributed by atoms with van der Waals surface area (Å²) < 4.78 is 2.30. The zero-order chi connectivity index (χ0) is 12.6. The lowest BCUT2D eigenvalue weighted by atomic mass is 9.95. The van der Waals surface area contributed by atoms with Crippen molar-refractivity contribution in [3.8, 4) is 0 Å². The molecule has 1 aromatic heterocycles. The normalized spacial score (nSPS) is 17.5. The van der Waals surface area contributed by atoms with E-state index in [0.717, 1.165) is 37.8 Å². The van der Waals surface area contributed by atoms with E-state index >= 15 is 0 Å². The van der Waals surface area contributed by atoms with Crippen LogP contribution < -0.4 is 0 Å². The van der Waals surface area contributed by atoms with E-state index in [1.54, 1.807) is 0 Å². The second kappa shape index (κ2) is 4.41. The van der Waals surface area contributed by atoms with Gasteiger partial charge in [0.1, 0.15) is 11.6 Å². The molecule has 2 heterocycles. The Morgan fingerprint density at radius 1 is 1.18 bits per heavy atom. The van der Waals surface area contributed by atoms with Crippen LogP contribution in [0.3, 0.4) is 0 Å². The van der Waals surface area contributed by atoms with Gasteiger partial charge in [-0.3, -0.25) is 4.90 Å². The van der Waals surface area contributed by atoms with Crippen molar-refractivity contribution in [1.82, 2.24) is 19.7 Å². The van der Waals surface area contributed by atoms with Gasteiger partial charge in [0, 0.05) is 25.0 Å². The maximum Gasteiger partial charge on any atom is 0.147 e. The van der Waals surface area contributed by atoms with Crippen molar-refractivity contribution in [3.63, 3.8) is 0 Å². The fraction of sp³-hybridized carbons (Fsp3) is 0.846. The Balaban J connectivity index is 2.16. The summed E-state index contributed by atoms with van der Waals surface area (Å²) in [7, 11) is 0. The van der Waals surface area contributed by atoms with Crippen molar-refractivity contribution in [2.24, 2.45) is 5.92 Å². The lowest BCUT2D eigenvalue weighted by Crippen LogP contribution is -2.37. The minimum absolute atomic E-state index is 0.0888. The number of hydrogen-bond donors (Lipinski definition) is 0. The number of hydrogen-bond acceptors (Lipinski definition) is 3. The molecule has 0 bridgehead atoms. The largest absolute Gasteiger partial charge is 0.312 e. The second-order valence-corrected chi connectivity index (χ2v) is 6.47. The summed E-state index contributed by atoms with van der Waals surface area (Å²) in [5, 5.41) is 8.72. The van der Waals surface area contributed by atoms with Crippen molar-refractivity contribution in [1.29, 1.82) is 0 Å².